The Morgan fingerprint density at radius 1 is 1.20 bits per heavy atom. The van der Waals surface area contributed by atoms with Gasteiger partial charge >= 0.3 is 0 Å². The van der Waals surface area contributed by atoms with Crippen LogP contribution in [-0.2, 0) is 4.74 Å². The average Bonchev–Trinajstić information content (AvgIpc) is 2.41. The van der Waals surface area contributed by atoms with Crippen molar-refractivity contribution in [3.05, 3.63) is 29.8 Å². The van der Waals surface area contributed by atoms with Gasteiger partial charge in [0.05, 0.1) is 19.3 Å². The first-order valence-corrected chi connectivity index (χ1v) is 7.33. The Bertz CT molecular complexity index is 365. The standard InChI is InChI=1S/C16H28N2O2/c1-5-19-15-8-6-14(7-9-15)16(12-17)18(4)10-11-20-13(2)3/h6-9,13,16H,5,10-12,17H2,1-4H3. The highest BCUT2D eigenvalue weighted by atomic mass is 16.5. The molecular formula is C16H28N2O2. The summed E-state index contributed by atoms with van der Waals surface area (Å²) in [4.78, 5) is 2.23. The third-order valence-corrected chi connectivity index (χ3v) is 3.23. The predicted molar refractivity (Wildman–Crippen MR) is 83.1 cm³/mol. The van der Waals surface area contributed by atoms with E-state index < -0.39 is 0 Å². The second kappa shape index (κ2) is 8.95. The van der Waals surface area contributed by atoms with Crippen molar-refractivity contribution in [3.63, 3.8) is 0 Å². The van der Waals surface area contributed by atoms with Crippen LogP contribution >= 0.6 is 0 Å². The maximum Gasteiger partial charge on any atom is 0.119 e. The van der Waals surface area contributed by atoms with Crippen molar-refractivity contribution < 1.29 is 9.47 Å². The first-order chi connectivity index (χ1) is 9.58. The summed E-state index contributed by atoms with van der Waals surface area (Å²) in [6.07, 6.45) is 0.269. The lowest BCUT2D eigenvalue weighted by molar-refractivity contribution is 0.0564. The van der Waals surface area contributed by atoms with Crippen LogP contribution in [0.2, 0.25) is 0 Å². The van der Waals surface area contributed by atoms with Crippen LogP contribution in [0, 0.1) is 0 Å². The van der Waals surface area contributed by atoms with Crippen molar-refractivity contribution in [2.75, 3.05) is 33.4 Å². The summed E-state index contributed by atoms with van der Waals surface area (Å²) in [5.41, 5.74) is 7.13. The number of benzene rings is 1. The number of hydrogen-bond acceptors (Lipinski definition) is 4. The second-order valence-corrected chi connectivity index (χ2v) is 5.15. The van der Waals surface area contributed by atoms with Crippen LogP contribution in [-0.4, -0.2) is 44.4 Å². The molecule has 1 unspecified atom stereocenters. The number of nitrogens with zero attached hydrogens (tertiary/aromatic N) is 1. The topological polar surface area (TPSA) is 47.7 Å². The van der Waals surface area contributed by atoms with Crippen LogP contribution in [0.1, 0.15) is 32.4 Å². The number of hydrogen-bond donors (Lipinski definition) is 1. The monoisotopic (exact) mass is 280 g/mol. The highest BCUT2D eigenvalue weighted by Crippen LogP contribution is 2.21. The quantitative estimate of drug-likeness (QED) is 0.755. The van der Waals surface area contributed by atoms with Crippen molar-refractivity contribution >= 4 is 0 Å². The van der Waals surface area contributed by atoms with E-state index in [1.54, 1.807) is 0 Å². The highest BCUT2D eigenvalue weighted by Gasteiger charge is 2.15. The number of ether oxygens (including phenoxy) is 2. The molecular weight excluding hydrogens is 252 g/mol. The normalized spacial score (nSPS) is 12.9. The number of rotatable bonds is 9. The molecule has 0 aliphatic carbocycles. The van der Waals surface area contributed by atoms with Gasteiger partial charge in [0.25, 0.3) is 0 Å². The molecule has 0 aromatic heterocycles. The zero-order valence-electron chi connectivity index (χ0n) is 13.1. The molecule has 1 aromatic carbocycles. The van der Waals surface area contributed by atoms with Crippen LogP contribution in [0.25, 0.3) is 0 Å². The van der Waals surface area contributed by atoms with E-state index in [2.05, 4.69) is 24.1 Å². The molecule has 0 aliphatic rings. The molecule has 114 valence electrons. The van der Waals surface area contributed by atoms with Gasteiger partial charge < -0.3 is 15.2 Å². The van der Waals surface area contributed by atoms with Gasteiger partial charge in [-0.3, -0.25) is 4.90 Å². The largest absolute Gasteiger partial charge is 0.494 e. The van der Waals surface area contributed by atoms with Gasteiger partial charge in [-0.25, -0.2) is 0 Å². The Morgan fingerprint density at radius 2 is 1.85 bits per heavy atom. The third kappa shape index (κ3) is 5.49. The first-order valence-electron chi connectivity index (χ1n) is 7.33. The van der Waals surface area contributed by atoms with Crippen LogP contribution in [0.5, 0.6) is 5.75 Å². The van der Waals surface area contributed by atoms with E-state index in [4.69, 9.17) is 15.2 Å². The molecule has 0 heterocycles. The van der Waals surface area contributed by atoms with Gasteiger partial charge in [-0.05, 0) is 45.5 Å². The van der Waals surface area contributed by atoms with Gasteiger partial charge in [-0.2, -0.15) is 0 Å². The lowest BCUT2D eigenvalue weighted by atomic mass is 10.1. The minimum Gasteiger partial charge on any atom is -0.494 e. The van der Waals surface area contributed by atoms with E-state index in [-0.39, 0.29) is 12.1 Å². The van der Waals surface area contributed by atoms with E-state index >= 15 is 0 Å². The molecule has 0 spiro atoms. The van der Waals surface area contributed by atoms with Gasteiger partial charge in [-0.15, -0.1) is 0 Å². The van der Waals surface area contributed by atoms with Gasteiger partial charge in [-0.1, -0.05) is 12.1 Å². The minimum absolute atomic E-state index is 0.210. The molecule has 4 nitrogen and oxygen atoms in total. The Hall–Kier alpha value is -1.10. The number of nitrogens with two attached hydrogens (primary N) is 1. The van der Waals surface area contributed by atoms with Crippen LogP contribution in [0.4, 0.5) is 0 Å². The molecule has 0 fully saturated rings. The smallest absolute Gasteiger partial charge is 0.119 e. The number of likely N-dealkylation sites (N-methyl/N-ethyl adjacent to an activating group) is 1. The molecule has 20 heavy (non-hydrogen) atoms. The molecule has 0 bridgehead atoms. The highest BCUT2D eigenvalue weighted by molar-refractivity contribution is 5.29. The molecule has 2 N–H and O–H groups in total. The molecule has 1 aromatic rings. The van der Waals surface area contributed by atoms with E-state index in [0.29, 0.717) is 13.2 Å². The van der Waals surface area contributed by atoms with Crippen LogP contribution in [0.15, 0.2) is 24.3 Å². The molecule has 0 saturated heterocycles. The van der Waals surface area contributed by atoms with Gasteiger partial charge in [0.15, 0.2) is 0 Å². The van der Waals surface area contributed by atoms with Crippen LogP contribution < -0.4 is 10.5 Å². The first kappa shape index (κ1) is 17.0. The fourth-order valence-electron chi connectivity index (χ4n) is 2.11. The lowest BCUT2D eigenvalue weighted by Crippen LogP contribution is -2.33. The maximum atomic E-state index is 5.92. The maximum absolute atomic E-state index is 5.92. The molecule has 0 saturated carbocycles. The van der Waals surface area contributed by atoms with Gasteiger partial charge in [0.2, 0.25) is 0 Å². The van der Waals surface area contributed by atoms with Gasteiger partial charge in [0.1, 0.15) is 5.75 Å². The second-order valence-electron chi connectivity index (χ2n) is 5.15. The van der Waals surface area contributed by atoms with Crippen LogP contribution in [0.3, 0.4) is 0 Å². The molecule has 4 heteroatoms. The minimum atomic E-state index is 0.210. The lowest BCUT2D eigenvalue weighted by Gasteiger charge is -2.27. The summed E-state index contributed by atoms with van der Waals surface area (Å²) in [6, 6.07) is 8.38. The van der Waals surface area contributed by atoms with Crippen molar-refractivity contribution in [2.45, 2.75) is 32.9 Å². The summed E-state index contributed by atoms with van der Waals surface area (Å²) in [6.45, 7) is 8.95. The van der Waals surface area contributed by atoms with Crippen molar-refractivity contribution in [1.82, 2.24) is 4.90 Å². The third-order valence-electron chi connectivity index (χ3n) is 3.23. The Balaban J connectivity index is 2.59. The summed E-state index contributed by atoms with van der Waals surface area (Å²) in [5.74, 6) is 0.901. The van der Waals surface area contributed by atoms with Crippen molar-refractivity contribution in [1.29, 1.82) is 0 Å². The summed E-state index contributed by atoms with van der Waals surface area (Å²) in [5, 5.41) is 0. The molecule has 0 radical (unpaired) electrons. The SMILES string of the molecule is CCOc1ccc(C(CN)N(C)CCOC(C)C)cc1. The predicted octanol–water partition coefficient (Wildman–Crippen LogP) is 2.44. The molecule has 1 rings (SSSR count). The van der Waals surface area contributed by atoms with Crippen molar-refractivity contribution in [3.8, 4) is 5.75 Å². The molecule has 0 aliphatic heterocycles. The molecule has 0 amide bonds. The van der Waals surface area contributed by atoms with E-state index in [1.807, 2.05) is 32.9 Å². The van der Waals surface area contributed by atoms with E-state index in [1.165, 1.54) is 5.56 Å². The van der Waals surface area contributed by atoms with E-state index in [0.717, 1.165) is 18.9 Å². The Kier molecular flexibility index (Phi) is 7.59. The Labute approximate surface area is 122 Å². The van der Waals surface area contributed by atoms with Crippen molar-refractivity contribution in [2.24, 2.45) is 5.73 Å². The summed E-state index contributed by atoms with van der Waals surface area (Å²) < 4.78 is 11.1. The fourth-order valence-corrected chi connectivity index (χ4v) is 2.11. The van der Waals surface area contributed by atoms with E-state index in [9.17, 15) is 0 Å². The summed E-state index contributed by atoms with van der Waals surface area (Å²) in [7, 11) is 2.08. The van der Waals surface area contributed by atoms with Gasteiger partial charge in [0, 0.05) is 19.1 Å². The summed E-state index contributed by atoms with van der Waals surface area (Å²) >= 11 is 0. The zero-order chi connectivity index (χ0) is 15.0. The fraction of sp³-hybridized carbons (Fsp3) is 0.625. The zero-order valence-corrected chi connectivity index (χ0v) is 13.1. The average molecular weight is 280 g/mol. The molecule has 1 atom stereocenters. The Morgan fingerprint density at radius 3 is 2.35 bits per heavy atom.